The Labute approximate surface area is 146 Å². The van der Waals surface area contributed by atoms with Gasteiger partial charge in [-0.05, 0) is 19.1 Å². The van der Waals surface area contributed by atoms with Crippen molar-refractivity contribution in [3.63, 3.8) is 0 Å². The maximum Gasteiger partial charge on any atom is 0.252 e. The summed E-state index contributed by atoms with van der Waals surface area (Å²) in [7, 11) is 0. The van der Waals surface area contributed by atoms with Crippen molar-refractivity contribution >= 4 is 17.7 Å². The van der Waals surface area contributed by atoms with Crippen LogP contribution < -0.4 is 15.5 Å². The van der Waals surface area contributed by atoms with E-state index < -0.39 is 0 Å². The molecule has 0 radical (unpaired) electrons. The number of pyridine rings is 1. The van der Waals surface area contributed by atoms with Crippen LogP contribution in [0.5, 0.6) is 0 Å². The third kappa shape index (κ3) is 4.87. The lowest BCUT2D eigenvalue weighted by atomic mass is 10.3. The molecule has 1 aliphatic rings. The minimum Gasteiger partial charge on any atom is -0.378 e. The van der Waals surface area contributed by atoms with Crippen LogP contribution >= 0.6 is 0 Å². The van der Waals surface area contributed by atoms with Gasteiger partial charge in [0.05, 0.1) is 18.8 Å². The summed E-state index contributed by atoms with van der Waals surface area (Å²) < 4.78 is 5.37. The van der Waals surface area contributed by atoms with E-state index >= 15 is 0 Å². The molecule has 0 bridgehead atoms. The summed E-state index contributed by atoms with van der Waals surface area (Å²) in [4.78, 5) is 27.0. The number of hydrogen-bond donors (Lipinski definition) is 2. The number of carbonyl (C=O) groups is 1. The second-order valence-corrected chi connectivity index (χ2v) is 5.71. The topological polar surface area (TPSA) is 92.3 Å². The van der Waals surface area contributed by atoms with E-state index in [2.05, 4.69) is 30.5 Å². The Morgan fingerprint density at radius 3 is 2.88 bits per heavy atom. The molecule has 0 aromatic carbocycles. The van der Waals surface area contributed by atoms with Crippen molar-refractivity contribution in [2.45, 2.75) is 6.92 Å². The van der Waals surface area contributed by atoms with Crippen LogP contribution in [-0.4, -0.2) is 60.3 Å². The molecule has 8 heteroatoms. The molecule has 8 nitrogen and oxygen atoms in total. The van der Waals surface area contributed by atoms with E-state index in [1.54, 1.807) is 24.5 Å². The van der Waals surface area contributed by atoms with E-state index in [-0.39, 0.29) is 5.91 Å². The summed E-state index contributed by atoms with van der Waals surface area (Å²) >= 11 is 0. The highest BCUT2D eigenvalue weighted by molar-refractivity contribution is 5.93. The molecule has 132 valence electrons. The molecule has 1 saturated heterocycles. The van der Waals surface area contributed by atoms with Gasteiger partial charge >= 0.3 is 0 Å². The van der Waals surface area contributed by atoms with E-state index in [0.717, 1.165) is 24.6 Å². The zero-order valence-corrected chi connectivity index (χ0v) is 14.2. The summed E-state index contributed by atoms with van der Waals surface area (Å²) in [5.41, 5.74) is 1.45. The molecular weight excluding hydrogens is 320 g/mol. The predicted molar refractivity (Wildman–Crippen MR) is 94.9 cm³/mol. The van der Waals surface area contributed by atoms with E-state index in [9.17, 15) is 4.79 Å². The van der Waals surface area contributed by atoms with Gasteiger partial charge in [-0.2, -0.15) is 4.98 Å². The lowest BCUT2D eigenvalue weighted by Crippen LogP contribution is -2.37. The summed E-state index contributed by atoms with van der Waals surface area (Å²) in [6, 6.07) is 5.44. The molecule has 0 atom stereocenters. The molecule has 0 aliphatic carbocycles. The fraction of sp³-hybridized carbons (Fsp3) is 0.412. The van der Waals surface area contributed by atoms with Crippen molar-refractivity contribution in [3.05, 3.63) is 41.9 Å². The number of nitrogens with one attached hydrogen (secondary N) is 2. The molecule has 1 aliphatic heterocycles. The zero-order valence-electron chi connectivity index (χ0n) is 14.2. The van der Waals surface area contributed by atoms with E-state index in [4.69, 9.17) is 4.74 Å². The van der Waals surface area contributed by atoms with Gasteiger partial charge in [-0.1, -0.05) is 0 Å². The summed E-state index contributed by atoms with van der Waals surface area (Å²) in [6.07, 6.45) is 3.18. The Balaban J connectivity index is 1.51. The first-order valence-corrected chi connectivity index (χ1v) is 8.33. The average Bonchev–Trinajstić information content (AvgIpc) is 2.66. The first-order valence-electron chi connectivity index (χ1n) is 8.33. The number of ether oxygens (including phenoxy) is 1. The van der Waals surface area contributed by atoms with Crippen molar-refractivity contribution in [2.24, 2.45) is 0 Å². The lowest BCUT2D eigenvalue weighted by Gasteiger charge is -2.28. The summed E-state index contributed by atoms with van der Waals surface area (Å²) in [5.74, 6) is 1.32. The maximum atomic E-state index is 11.9. The molecule has 2 N–H and O–H groups in total. The largest absolute Gasteiger partial charge is 0.378 e. The van der Waals surface area contributed by atoms with Crippen LogP contribution in [0.3, 0.4) is 0 Å². The minimum absolute atomic E-state index is 0.144. The van der Waals surface area contributed by atoms with Gasteiger partial charge < -0.3 is 20.3 Å². The van der Waals surface area contributed by atoms with E-state index in [1.807, 2.05) is 13.0 Å². The number of carbonyl (C=O) groups excluding carboxylic acids is 1. The van der Waals surface area contributed by atoms with Crippen LogP contribution in [0.25, 0.3) is 0 Å². The van der Waals surface area contributed by atoms with Gasteiger partial charge in [0, 0.05) is 50.3 Å². The van der Waals surface area contributed by atoms with Crippen molar-refractivity contribution in [1.29, 1.82) is 0 Å². The molecule has 0 saturated carbocycles. The third-order valence-corrected chi connectivity index (χ3v) is 3.79. The Kier molecular flexibility index (Phi) is 5.73. The molecule has 25 heavy (non-hydrogen) atoms. The molecule has 0 unspecified atom stereocenters. The second-order valence-electron chi connectivity index (χ2n) is 5.71. The fourth-order valence-corrected chi connectivity index (χ4v) is 2.53. The van der Waals surface area contributed by atoms with E-state index in [1.165, 1.54) is 0 Å². The quantitative estimate of drug-likeness (QED) is 0.752. The van der Waals surface area contributed by atoms with Crippen molar-refractivity contribution in [2.75, 3.05) is 49.6 Å². The van der Waals surface area contributed by atoms with Gasteiger partial charge in [-0.3, -0.25) is 9.78 Å². The smallest absolute Gasteiger partial charge is 0.252 e. The maximum absolute atomic E-state index is 11.9. The standard InChI is InChI=1S/C17H22N6O2/c1-13-11-15(23-7-9-25-10-8-23)22-17(21-13)20-6-5-19-16(24)14-3-2-4-18-12-14/h2-4,11-12H,5-10H2,1H3,(H,19,24)(H,20,21,22). The Bertz CT molecular complexity index is 704. The van der Waals surface area contributed by atoms with Gasteiger partial charge in [0.1, 0.15) is 5.82 Å². The molecule has 3 rings (SSSR count). The van der Waals surface area contributed by atoms with Crippen LogP contribution in [-0.2, 0) is 4.74 Å². The molecule has 2 aromatic rings. The van der Waals surface area contributed by atoms with Crippen LogP contribution in [0.15, 0.2) is 30.6 Å². The number of morpholine rings is 1. The first kappa shape index (κ1) is 17.1. The van der Waals surface area contributed by atoms with Gasteiger partial charge in [0.2, 0.25) is 5.95 Å². The van der Waals surface area contributed by atoms with Crippen molar-refractivity contribution < 1.29 is 9.53 Å². The fourth-order valence-electron chi connectivity index (χ4n) is 2.53. The van der Waals surface area contributed by atoms with Gasteiger partial charge in [0.25, 0.3) is 5.91 Å². The predicted octanol–water partition coefficient (Wildman–Crippen LogP) is 0.859. The molecule has 1 fully saturated rings. The summed E-state index contributed by atoms with van der Waals surface area (Å²) in [5, 5.41) is 6.00. The van der Waals surface area contributed by atoms with Crippen molar-refractivity contribution in [1.82, 2.24) is 20.3 Å². The van der Waals surface area contributed by atoms with Gasteiger partial charge in [-0.25, -0.2) is 4.98 Å². The second kappa shape index (κ2) is 8.39. The number of rotatable bonds is 6. The van der Waals surface area contributed by atoms with Crippen LogP contribution in [0, 0.1) is 6.92 Å². The minimum atomic E-state index is -0.144. The SMILES string of the molecule is Cc1cc(N2CCOCC2)nc(NCCNC(=O)c2cccnc2)n1. The monoisotopic (exact) mass is 342 g/mol. The average molecular weight is 342 g/mol. The third-order valence-electron chi connectivity index (χ3n) is 3.79. The first-order chi connectivity index (χ1) is 12.2. The number of amides is 1. The summed E-state index contributed by atoms with van der Waals surface area (Å²) in [6.45, 7) is 6.05. The highest BCUT2D eigenvalue weighted by Crippen LogP contribution is 2.16. The number of nitrogens with zero attached hydrogens (tertiary/aromatic N) is 4. The highest BCUT2D eigenvalue weighted by Gasteiger charge is 2.14. The zero-order chi connectivity index (χ0) is 17.5. The van der Waals surface area contributed by atoms with Crippen LogP contribution in [0.4, 0.5) is 11.8 Å². The van der Waals surface area contributed by atoms with Gasteiger partial charge in [-0.15, -0.1) is 0 Å². The molecule has 1 amide bonds. The molecule has 2 aromatic heterocycles. The van der Waals surface area contributed by atoms with Crippen LogP contribution in [0.1, 0.15) is 16.1 Å². The molecular formula is C17H22N6O2. The number of hydrogen-bond acceptors (Lipinski definition) is 7. The number of aryl methyl sites for hydroxylation is 1. The number of anilines is 2. The number of aromatic nitrogens is 3. The van der Waals surface area contributed by atoms with Crippen LogP contribution in [0.2, 0.25) is 0 Å². The lowest BCUT2D eigenvalue weighted by molar-refractivity contribution is 0.0955. The molecule has 0 spiro atoms. The van der Waals surface area contributed by atoms with Crippen molar-refractivity contribution in [3.8, 4) is 0 Å². The Morgan fingerprint density at radius 1 is 1.28 bits per heavy atom. The normalized spacial score (nSPS) is 14.2. The molecule has 3 heterocycles. The Morgan fingerprint density at radius 2 is 2.12 bits per heavy atom. The Hall–Kier alpha value is -2.74. The van der Waals surface area contributed by atoms with Gasteiger partial charge in [0.15, 0.2) is 0 Å². The highest BCUT2D eigenvalue weighted by atomic mass is 16.5. The van der Waals surface area contributed by atoms with E-state index in [0.29, 0.717) is 37.8 Å².